The highest BCUT2D eigenvalue weighted by Crippen LogP contribution is 2.28. The molecule has 170 valence electrons. The molecule has 1 N–H and O–H groups in total. The lowest BCUT2D eigenvalue weighted by Crippen LogP contribution is -2.33. The van der Waals surface area contributed by atoms with Crippen LogP contribution >= 0.6 is 23.2 Å². The average Bonchev–Trinajstić information content (AvgIpc) is 2.81. The summed E-state index contributed by atoms with van der Waals surface area (Å²) >= 11 is 11.7. The van der Waals surface area contributed by atoms with Crippen LogP contribution in [-0.4, -0.2) is 31.3 Å². The van der Waals surface area contributed by atoms with Crippen LogP contribution in [0.2, 0.25) is 10.0 Å². The second kappa shape index (κ2) is 11.4. The molecule has 0 saturated heterocycles. The first-order valence-corrected chi connectivity index (χ1v) is 10.5. The third-order valence-electron chi connectivity index (χ3n) is 4.35. The van der Waals surface area contributed by atoms with E-state index < -0.39 is 18.0 Å². The van der Waals surface area contributed by atoms with Gasteiger partial charge in [0.2, 0.25) is 0 Å². The largest absolute Gasteiger partial charge is 0.493 e. The summed E-state index contributed by atoms with van der Waals surface area (Å²) in [5, 5.41) is 5.03. The highest BCUT2D eigenvalue weighted by Gasteiger charge is 2.15. The SMILES string of the molecule is COc1cc(/C=N\NC(=O)[C@@H](C)Oc2ccc(Cl)cc2)ccc1OC(=O)c1ccc(Cl)cc1. The minimum Gasteiger partial charge on any atom is -0.493 e. The molecule has 33 heavy (non-hydrogen) atoms. The molecule has 0 aliphatic heterocycles. The number of esters is 1. The number of hydrazone groups is 1. The molecule has 0 aromatic heterocycles. The van der Waals surface area contributed by atoms with Gasteiger partial charge in [0.05, 0.1) is 18.9 Å². The zero-order valence-corrected chi connectivity index (χ0v) is 19.3. The number of amides is 1. The van der Waals surface area contributed by atoms with Crippen LogP contribution in [0.3, 0.4) is 0 Å². The summed E-state index contributed by atoms with van der Waals surface area (Å²) in [5.74, 6) is 0.102. The molecule has 0 bridgehead atoms. The van der Waals surface area contributed by atoms with E-state index in [0.717, 1.165) is 0 Å². The lowest BCUT2D eigenvalue weighted by atomic mass is 10.2. The lowest BCUT2D eigenvalue weighted by Gasteiger charge is -2.13. The van der Waals surface area contributed by atoms with E-state index in [-0.39, 0.29) is 5.75 Å². The molecule has 7 nitrogen and oxygen atoms in total. The van der Waals surface area contributed by atoms with Crippen molar-refractivity contribution in [2.45, 2.75) is 13.0 Å². The Balaban J connectivity index is 1.59. The second-order valence-electron chi connectivity index (χ2n) is 6.75. The molecule has 3 aromatic carbocycles. The molecule has 0 aliphatic carbocycles. The quantitative estimate of drug-likeness (QED) is 0.206. The van der Waals surface area contributed by atoms with Crippen LogP contribution in [0.1, 0.15) is 22.8 Å². The Morgan fingerprint density at radius 3 is 2.21 bits per heavy atom. The smallest absolute Gasteiger partial charge is 0.343 e. The first kappa shape index (κ1) is 24.1. The fraction of sp³-hybridized carbons (Fsp3) is 0.125. The van der Waals surface area contributed by atoms with Crippen LogP contribution in [0.25, 0.3) is 0 Å². The third kappa shape index (κ3) is 6.97. The van der Waals surface area contributed by atoms with Gasteiger partial charge in [0, 0.05) is 10.0 Å². The molecule has 0 radical (unpaired) electrons. The first-order chi connectivity index (χ1) is 15.9. The maximum absolute atomic E-state index is 12.3. The minimum atomic E-state index is -0.771. The number of halogens is 2. The maximum Gasteiger partial charge on any atom is 0.343 e. The molecule has 0 heterocycles. The number of hydrogen-bond acceptors (Lipinski definition) is 6. The van der Waals surface area contributed by atoms with Gasteiger partial charge >= 0.3 is 5.97 Å². The van der Waals surface area contributed by atoms with Gasteiger partial charge in [-0.25, -0.2) is 10.2 Å². The van der Waals surface area contributed by atoms with Crippen molar-refractivity contribution in [3.05, 3.63) is 87.9 Å². The predicted octanol–water partition coefficient (Wildman–Crippen LogP) is 5.14. The number of ether oxygens (including phenoxy) is 3. The van der Waals surface area contributed by atoms with Crippen molar-refractivity contribution in [3.8, 4) is 17.2 Å². The molecule has 1 atom stereocenters. The van der Waals surface area contributed by atoms with Gasteiger partial charge in [0.25, 0.3) is 5.91 Å². The highest BCUT2D eigenvalue weighted by molar-refractivity contribution is 6.30. The molecule has 0 fully saturated rings. The molecular formula is C24H20Cl2N2O5. The monoisotopic (exact) mass is 486 g/mol. The Hall–Kier alpha value is -3.55. The van der Waals surface area contributed by atoms with Crippen molar-refractivity contribution in [2.24, 2.45) is 5.10 Å². The Labute approximate surface area is 200 Å². The van der Waals surface area contributed by atoms with Crippen LogP contribution in [-0.2, 0) is 4.79 Å². The zero-order valence-electron chi connectivity index (χ0n) is 17.7. The minimum absolute atomic E-state index is 0.239. The zero-order chi connectivity index (χ0) is 23.8. The average molecular weight is 487 g/mol. The van der Waals surface area contributed by atoms with E-state index in [4.69, 9.17) is 37.4 Å². The van der Waals surface area contributed by atoms with Crippen molar-refractivity contribution in [3.63, 3.8) is 0 Å². The molecule has 3 rings (SSSR count). The number of benzene rings is 3. The van der Waals surface area contributed by atoms with E-state index in [1.54, 1.807) is 73.7 Å². The Kier molecular flexibility index (Phi) is 8.29. The fourth-order valence-electron chi connectivity index (χ4n) is 2.63. The molecule has 3 aromatic rings. The van der Waals surface area contributed by atoms with Gasteiger partial charge in [-0.05, 0) is 79.2 Å². The van der Waals surface area contributed by atoms with Gasteiger partial charge < -0.3 is 14.2 Å². The van der Waals surface area contributed by atoms with Gasteiger partial charge in [0.1, 0.15) is 5.75 Å². The maximum atomic E-state index is 12.3. The predicted molar refractivity (Wildman–Crippen MR) is 127 cm³/mol. The van der Waals surface area contributed by atoms with Crippen LogP contribution < -0.4 is 19.6 Å². The standard InChI is InChI=1S/C24H20Cl2N2O5/c1-15(32-20-10-8-19(26)9-11-20)23(29)28-27-14-16-3-12-21(22(13-16)31-2)33-24(30)17-4-6-18(25)7-5-17/h3-15H,1-2H3,(H,28,29)/b27-14-/t15-/m1/s1. The van der Waals surface area contributed by atoms with Crippen LogP contribution in [0.4, 0.5) is 0 Å². The summed E-state index contributed by atoms with van der Waals surface area (Å²) < 4.78 is 16.3. The Morgan fingerprint density at radius 2 is 1.58 bits per heavy atom. The second-order valence-corrected chi connectivity index (χ2v) is 7.63. The van der Waals surface area contributed by atoms with Crippen LogP contribution in [0.5, 0.6) is 17.2 Å². The lowest BCUT2D eigenvalue weighted by molar-refractivity contribution is -0.127. The molecule has 0 aliphatic rings. The van der Waals surface area contributed by atoms with Crippen molar-refractivity contribution in [1.29, 1.82) is 0 Å². The number of nitrogens with one attached hydrogen (secondary N) is 1. The number of methoxy groups -OCH3 is 1. The Bertz CT molecular complexity index is 1150. The number of carbonyl (C=O) groups is 2. The van der Waals surface area contributed by atoms with Crippen molar-refractivity contribution < 1.29 is 23.8 Å². The highest BCUT2D eigenvalue weighted by atomic mass is 35.5. The summed E-state index contributed by atoms with van der Waals surface area (Å²) in [4.78, 5) is 24.5. The summed E-state index contributed by atoms with van der Waals surface area (Å²) in [7, 11) is 1.45. The van der Waals surface area contributed by atoms with E-state index in [1.807, 2.05) is 0 Å². The van der Waals surface area contributed by atoms with Gasteiger partial charge in [-0.15, -0.1) is 0 Å². The van der Waals surface area contributed by atoms with Gasteiger partial charge in [-0.2, -0.15) is 5.10 Å². The van der Waals surface area contributed by atoms with Crippen LogP contribution in [0, 0.1) is 0 Å². The van der Waals surface area contributed by atoms with Crippen molar-refractivity contribution in [1.82, 2.24) is 5.43 Å². The van der Waals surface area contributed by atoms with Gasteiger partial charge in [-0.3, -0.25) is 4.79 Å². The molecular weight excluding hydrogens is 467 g/mol. The van der Waals surface area contributed by atoms with E-state index in [9.17, 15) is 9.59 Å². The number of hydrogen-bond donors (Lipinski definition) is 1. The summed E-state index contributed by atoms with van der Waals surface area (Å²) in [6.45, 7) is 1.60. The van der Waals surface area contributed by atoms with E-state index in [1.165, 1.54) is 13.3 Å². The molecule has 1 amide bonds. The fourth-order valence-corrected chi connectivity index (χ4v) is 2.88. The van der Waals surface area contributed by atoms with Crippen molar-refractivity contribution >= 4 is 41.3 Å². The van der Waals surface area contributed by atoms with E-state index in [0.29, 0.717) is 32.7 Å². The summed E-state index contributed by atoms with van der Waals surface area (Å²) in [5.41, 5.74) is 3.38. The molecule has 0 saturated carbocycles. The Morgan fingerprint density at radius 1 is 0.939 bits per heavy atom. The van der Waals surface area contributed by atoms with Gasteiger partial charge in [-0.1, -0.05) is 23.2 Å². The normalized spacial score (nSPS) is 11.6. The van der Waals surface area contributed by atoms with Crippen molar-refractivity contribution in [2.75, 3.05) is 7.11 Å². The van der Waals surface area contributed by atoms with Gasteiger partial charge in [0.15, 0.2) is 17.6 Å². The van der Waals surface area contributed by atoms with E-state index in [2.05, 4.69) is 10.5 Å². The van der Waals surface area contributed by atoms with E-state index >= 15 is 0 Å². The number of nitrogens with zero attached hydrogens (tertiary/aromatic N) is 1. The third-order valence-corrected chi connectivity index (χ3v) is 4.86. The van der Waals surface area contributed by atoms with Crippen LogP contribution in [0.15, 0.2) is 71.8 Å². The first-order valence-electron chi connectivity index (χ1n) is 9.76. The molecule has 9 heteroatoms. The topological polar surface area (TPSA) is 86.2 Å². The number of carbonyl (C=O) groups excluding carboxylic acids is 2. The summed E-state index contributed by atoms with van der Waals surface area (Å²) in [6.07, 6.45) is 0.660. The number of rotatable bonds is 8. The molecule has 0 unspecified atom stereocenters. The summed E-state index contributed by atoms with van der Waals surface area (Å²) in [6, 6.07) is 17.9. The molecule has 0 spiro atoms.